The highest BCUT2D eigenvalue weighted by Gasteiger charge is 2.30. The van der Waals surface area contributed by atoms with Gasteiger partial charge < -0.3 is 5.73 Å². The van der Waals surface area contributed by atoms with Gasteiger partial charge in [0, 0.05) is 0 Å². The van der Waals surface area contributed by atoms with Crippen molar-refractivity contribution in [3.05, 3.63) is 0 Å². The van der Waals surface area contributed by atoms with Gasteiger partial charge in [-0.3, -0.25) is 4.90 Å². The van der Waals surface area contributed by atoms with E-state index in [0.717, 1.165) is 12.8 Å². The number of nitrogens with zero attached hydrogens (tertiary/aromatic N) is 1. The second-order valence-electron chi connectivity index (χ2n) is 3.50. The Balaban J connectivity index is 2.52. The van der Waals surface area contributed by atoms with Gasteiger partial charge in [-0.25, -0.2) is 0 Å². The van der Waals surface area contributed by atoms with Crippen molar-refractivity contribution in [2.45, 2.75) is 45.2 Å². The Morgan fingerprint density at radius 3 is 2.00 bits per heavy atom. The first-order chi connectivity index (χ1) is 5.23. The predicted octanol–water partition coefficient (Wildman–Crippen LogP) is 1.56. The molecule has 0 atom stereocenters. The molecule has 2 N–H and O–H groups in total. The van der Waals surface area contributed by atoms with Crippen molar-refractivity contribution in [1.29, 1.82) is 0 Å². The molecule has 0 unspecified atom stereocenters. The van der Waals surface area contributed by atoms with Crippen LogP contribution in [0.1, 0.15) is 39.5 Å². The van der Waals surface area contributed by atoms with Gasteiger partial charge in [0.25, 0.3) is 0 Å². The van der Waals surface area contributed by atoms with Crippen LogP contribution in [0, 0.1) is 0 Å². The molecular formula is C9H20N2. The minimum absolute atomic E-state index is 0.00347. The molecule has 1 saturated heterocycles. The zero-order valence-electron chi connectivity index (χ0n) is 7.77. The lowest BCUT2D eigenvalue weighted by Gasteiger charge is -2.36. The largest absolute Gasteiger partial charge is 0.313 e. The van der Waals surface area contributed by atoms with Crippen molar-refractivity contribution in [3.63, 3.8) is 0 Å². The van der Waals surface area contributed by atoms with Gasteiger partial charge >= 0.3 is 0 Å². The lowest BCUT2D eigenvalue weighted by Crippen LogP contribution is -2.53. The van der Waals surface area contributed by atoms with Crippen molar-refractivity contribution in [1.82, 2.24) is 4.90 Å². The van der Waals surface area contributed by atoms with Crippen LogP contribution in [-0.4, -0.2) is 23.7 Å². The summed E-state index contributed by atoms with van der Waals surface area (Å²) in [5.74, 6) is 0. The molecule has 1 aliphatic heterocycles. The first-order valence-corrected chi connectivity index (χ1v) is 4.77. The summed E-state index contributed by atoms with van der Waals surface area (Å²) in [6.45, 7) is 6.78. The quantitative estimate of drug-likeness (QED) is 0.672. The van der Waals surface area contributed by atoms with Gasteiger partial charge in [0.2, 0.25) is 0 Å². The van der Waals surface area contributed by atoms with Crippen molar-refractivity contribution in [2.75, 3.05) is 13.1 Å². The van der Waals surface area contributed by atoms with E-state index >= 15 is 0 Å². The summed E-state index contributed by atoms with van der Waals surface area (Å²) in [5, 5.41) is 0. The second kappa shape index (κ2) is 3.55. The predicted molar refractivity (Wildman–Crippen MR) is 48.3 cm³/mol. The molecule has 0 spiro atoms. The van der Waals surface area contributed by atoms with Crippen molar-refractivity contribution in [2.24, 2.45) is 5.73 Å². The SMILES string of the molecule is CCC(N)(CC)N1CCCC1. The third-order valence-corrected chi connectivity index (χ3v) is 2.96. The third-order valence-electron chi connectivity index (χ3n) is 2.96. The lowest BCUT2D eigenvalue weighted by atomic mass is 10.0. The Morgan fingerprint density at radius 1 is 1.18 bits per heavy atom. The Bertz CT molecular complexity index is 113. The molecule has 1 rings (SSSR count). The monoisotopic (exact) mass is 156 g/mol. The second-order valence-corrected chi connectivity index (χ2v) is 3.50. The Hall–Kier alpha value is -0.0800. The van der Waals surface area contributed by atoms with E-state index in [1.54, 1.807) is 0 Å². The summed E-state index contributed by atoms with van der Waals surface area (Å²) in [6, 6.07) is 0. The molecule has 1 fully saturated rings. The fourth-order valence-corrected chi connectivity index (χ4v) is 1.86. The van der Waals surface area contributed by atoms with Gasteiger partial charge in [-0.2, -0.15) is 0 Å². The number of nitrogens with two attached hydrogens (primary N) is 1. The average molecular weight is 156 g/mol. The van der Waals surface area contributed by atoms with Gasteiger partial charge in [-0.15, -0.1) is 0 Å². The summed E-state index contributed by atoms with van der Waals surface area (Å²) < 4.78 is 0. The fraction of sp³-hybridized carbons (Fsp3) is 1.00. The molecule has 66 valence electrons. The van der Waals surface area contributed by atoms with Gasteiger partial charge in [0.05, 0.1) is 5.66 Å². The minimum atomic E-state index is -0.00347. The maximum absolute atomic E-state index is 6.23. The summed E-state index contributed by atoms with van der Waals surface area (Å²) in [7, 11) is 0. The molecule has 0 saturated carbocycles. The number of rotatable bonds is 3. The molecule has 0 amide bonds. The highest BCUT2D eigenvalue weighted by Crippen LogP contribution is 2.22. The highest BCUT2D eigenvalue weighted by atomic mass is 15.3. The van der Waals surface area contributed by atoms with Crippen LogP contribution in [0.4, 0.5) is 0 Å². The molecule has 0 bridgehead atoms. The van der Waals surface area contributed by atoms with Crippen molar-refractivity contribution in [3.8, 4) is 0 Å². The zero-order chi connectivity index (χ0) is 8.32. The van der Waals surface area contributed by atoms with Crippen LogP contribution in [0.25, 0.3) is 0 Å². The first kappa shape index (κ1) is 9.01. The number of hydrogen-bond donors (Lipinski definition) is 1. The van der Waals surface area contributed by atoms with Gasteiger partial charge in [-0.1, -0.05) is 13.8 Å². The summed E-state index contributed by atoms with van der Waals surface area (Å²) in [5.41, 5.74) is 6.22. The standard InChI is InChI=1S/C9H20N2/c1-3-9(10,4-2)11-7-5-6-8-11/h3-8,10H2,1-2H3. The van der Waals surface area contributed by atoms with Gasteiger partial charge in [-0.05, 0) is 38.8 Å². The molecule has 0 radical (unpaired) electrons. The molecule has 2 nitrogen and oxygen atoms in total. The van der Waals surface area contributed by atoms with E-state index in [9.17, 15) is 0 Å². The Labute approximate surface area is 69.8 Å². The fourth-order valence-electron chi connectivity index (χ4n) is 1.86. The Kier molecular flexibility index (Phi) is 2.90. The molecule has 0 aromatic heterocycles. The van der Waals surface area contributed by atoms with Gasteiger partial charge in [0.1, 0.15) is 0 Å². The molecule has 11 heavy (non-hydrogen) atoms. The van der Waals surface area contributed by atoms with Crippen LogP contribution in [0.15, 0.2) is 0 Å². The molecule has 1 aliphatic rings. The van der Waals surface area contributed by atoms with Crippen molar-refractivity contribution < 1.29 is 0 Å². The van der Waals surface area contributed by atoms with E-state index in [0.29, 0.717) is 0 Å². The van der Waals surface area contributed by atoms with Crippen molar-refractivity contribution >= 4 is 0 Å². The minimum Gasteiger partial charge on any atom is -0.313 e. The number of likely N-dealkylation sites (tertiary alicyclic amines) is 1. The third kappa shape index (κ3) is 1.74. The topological polar surface area (TPSA) is 29.3 Å². The summed E-state index contributed by atoms with van der Waals surface area (Å²) in [4.78, 5) is 2.44. The zero-order valence-corrected chi connectivity index (χ0v) is 7.77. The van der Waals surface area contributed by atoms with Crippen LogP contribution >= 0.6 is 0 Å². The average Bonchev–Trinajstić information content (AvgIpc) is 2.55. The Morgan fingerprint density at radius 2 is 1.64 bits per heavy atom. The van der Waals surface area contributed by atoms with Crippen LogP contribution < -0.4 is 5.73 Å². The van der Waals surface area contributed by atoms with E-state index in [1.807, 2.05) is 0 Å². The summed E-state index contributed by atoms with van der Waals surface area (Å²) in [6.07, 6.45) is 4.81. The number of hydrogen-bond acceptors (Lipinski definition) is 2. The van der Waals surface area contributed by atoms with Crippen LogP contribution in [0.3, 0.4) is 0 Å². The molecule has 1 heterocycles. The van der Waals surface area contributed by atoms with E-state index in [1.165, 1.54) is 25.9 Å². The molecule has 0 aromatic rings. The molecule has 2 heteroatoms. The highest BCUT2D eigenvalue weighted by molar-refractivity contribution is 4.84. The molecular weight excluding hydrogens is 136 g/mol. The smallest absolute Gasteiger partial charge is 0.0681 e. The summed E-state index contributed by atoms with van der Waals surface area (Å²) >= 11 is 0. The van der Waals surface area contributed by atoms with E-state index in [-0.39, 0.29) is 5.66 Å². The van der Waals surface area contributed by atoms with E-state index in [4.69, 9.17) is 5.73 Å². The van der Waals surface area contributed by atoms with Crippen LogP contribution in [0.2, 0.25) is 0 Å². The molecule has 0 aliphatic carbocycles. The maximum atomic E-state index is 6.23. The van der Waals surface area contributed by atoms with Crippen LogP contribution in [0.5, 0.6) is 0 Å². The van der Waals surface area contributed by atoms with Gasteiger partial charge in [0.15, 0.2) is 0 Å². The first-order valence-electron chi connectivity index (χ1n) is 4.77. The lowest BCUT2D eigenvalue weighted by molar-refractivity contribution is 0.112. The maximum Gasteiger partial charge on any atom is 0.0681 e. The van der Waals surface area contributed by atoms with Crippen LogP contribution in [-0.2, 0) is 0 Å². The normalized spacial score (nSPS) is 21.0. The van der Waals surface area contributed by atoms with E-state index in [2.05, 4.69) is 18.7 Å². The molecule has 0 aromatic carbocycles. The van der Waals surface area contributed by atoms with E-state index < -0.39 is 0 Å².